The van der Waals surface area contributed by atoms with E-state index in [1.807, 2.05) is 43.3 Å². The van der Waals surface area contributed by atoms with Gasteiger partial charge in [-0.25, -0.2) is 0 Å². The second-order valence-corrected chi connectivity index (χ2v) is 5.17. The number of carbonyl (C=O) groups excluding carboxylic acids is 2. The van der Waals surface area contributed by atoms with Crippen molar-refractivity contribution in [3.8, 4) is 0 Å². The van der Waals surface area contributed by atoms with E-state index in [1.165, 1.54) is 6.08 Å². The molecule has 1 aliphatic heterocycles. The summed E-state index contributed by atoms with van der Waals surface area (Å²) in [6.07, 6.45) is 1.44. The predicted octanol–water partition coefficient (Wildman–Crippen LogP) is 3.24. The van der Waals surface area contributed by atoms with Crippen molar-refractivity contribution < 1.29 is 9.59 Å². The first kappa shape index (κ1) is 13.3. The summed E-state index contributed by atoms with van der Waals surface area (Å²) in [7, 11) is 1.72. The maximum atomic E-state index is 12.3. The van der Waals surface area contributed by atoms with Crippen LogP contribution in [-0.4, -0.2) is 18.7 Å². The van der Waals surface area contributed by atoms with Crippen molar-refractivity contribution in [2.75, 3.05) is 11.9 Å². The number of likely N-dealkylation sites (N-methyl/N-ethyl adjacent to an activating group) is 1. The molecule has 0 radical (unpaired) electrons. The van der Waals surface area contributed by atoms with Gasteiger partial charge in [-0.1, -0.05) is 48.0 Å². The molecule has 0 fully saturated rings. The maximum Gasteiger partial charge on any atom is 0.258 e. The molecular formula is C18H15NO2. The Morgan fingerprint density at radius 1 is 1.05 bits per heavy atom. The number of hydrogen-bond acceptors (Lipinski definition) is 2. The number of benzene rings is 2. The molecule has 1 amide bonds. The second kappa shape index (κ2) is 5.02. The molecule has 0 saturated heterocycles. The van der Waals surface area contributed by atoms with Crippen molar-refractivity contribution in [2.24, 2.45) is 0 Å². The monoisotopic (exact) mass is 277 g/mol. The van der Waals surface area contributed by atoms with Gasteiger partial charge in [0.25, 0.3) is 5.91 Å². The molecule has 1 heterocycles. The third kappa shape index (κ3) is 2.27. The number of fused-ring (bicyclic) bond motifs is 1. The largest absolute Gasteiger partial charge is 0.311 e. The standard InChI is InChI=1S/C18H15NO2/c1-12-7-9-13(10-8-12)17(20)11-15-14-5-3-4-6-16(14)19(2)18(15)21/h3-11H,1-2H3/b15-11-. The van der Waals surface area contributed by atoms with Crippen molar-refractivity contribution in [3.05, 3.63) is 71.3 Å². The molecule has 3 heteroatoms. The zero-order chi connectivity index (χ0) is 15.0. The van der Waals surface area contributed by atoms with Crippen LogP contribution in [0.15, 0.2) is 54.6 Å². The minimum atomic E-state index is -0.150. The van der Waals surface area contributed by atoms with Crippen LogP contribution in [0.4, 0.5) is 5.69 Å². The van der Waals surface area contributed by atoms with E-state index < -0.39 is 0 Å². The molecule has 0 bridgehead atoms. The Kier molecular flexibility index (Phi) is 3.18. The van der Waals surface area contributed by atoms with Gasteiger partial charge in [0.15, 0.2) is 5.78 Å². The third-order valence-electron chi connectivity index (χ3n) is 3.70. The molecular weight excluding hydrogens is 262 g/mol. The van der Waals surface area contributed by atoms with Gasteiger partial charge in [-0.2, -0.15) is 0 Å². The molecule has 0 aromatic heterocycles. The Morgan fingerprint density at radius 2 is 1.71 bits per heavy atom. The summed E-state index contributed by atoms with van der Waals surface area (Å²) in [6.45, 7) is 1.97. The van der Waals surface area contributed by atoms with Crippen LogP contribution in [0.25, 0.3) is 5.57 Å². The van der Waals surface area contributed by atoms with E-state index in [-0.39, 0.29) is 11.7 Å². The number of anilines is 1. The molecule has 104 valence electrons. The zero-order valence-corrected chi connectivity index (χ0v) is 12.0. The number of para-hydroxylation sites is 1. The summed E-state index contributed by atoms with van der Waals surface area (Å²) >= 11 is 0. The molecule has 0 aliphatic carbocycles. The lowest BCUT2D eigenvalue weighted by atomic mass is 10.0. The van der Waals surface area contributed by atoms with Crippen molar-refractivity contribution >= 4 is 23.0 Å². The van der Waals surface area contributed by atoms with Crippen LogP contribution in [0.3, 0.4) is 0 Å². The SMILES string of the molecule is Cc1ccc(C(=O)/C=C2\C(=O)N(C)c3ccccc32)cc1. The summed E-state index contributed by atoms with van der Waals surface area (Å²) < 4.78 is 0. The minimum Gasteiger partial charge on any atom is -0.311 e. The quantitative estimate of drug-likeness (QED) is 0.624. The van der Waals surface area contributed by atoms with E-state index in [0.29, 0.717) is 11.1 Å². The molecule has 2 aromatic carbocycles. The predicted molar refractivity (Wildman–Crippen MR) is 83.3 cm³/mol. The van der Waals surface area contributed by atoms with E-state index in [0.717, 1.165) is 16.8 Å². The van der Waals surface area contributed by atoms with Gasteiger partial charge in [0.2, 0.25) is 0 Å². The molecule has 2 aromatic rings. The van der Waals surface area contributed by atoms with Crippen LogP contribution in [0.2, 0.25) is 0 Å². The zero-order valence-electron chi connectivity index (χ0n) is 12.0. The van der Waals surface area contributed by atoms with Crippen LogP contribution in [-0.2, 0) is 4.79 Å². The number of nitrogens with zero attached hydrogens (tertiary/aromatic N) is 1. The molecule has 0 atom stereocenters. The number of amides is 1. The van der Waals surface area contributed by atoms with Crippen molar-refractivity contribution in [2.45, 2.75) is 6.92 Å². The Morgan fingerprint density at radius 3 is 2.43 bits per heavy atom. The van der Waals surface area contributed by atoms with Crippen molar-refractivity contribution in [1.29, 1.82) is 0 Å². The van der Waals surface area contributed by atoms with Gasteiger partial charge in [0.05, 0.1) is 11.3 Å². The lowest BCUT2D eigenvalue weighted by Gasteiger charge is -2.07. The number of carbonyl (C=O) groups is 2. The van der Waals surface area contributed by atoms with Crippen LogP contribution < -0.4 is 4.90 Å². The highest BCUT2D eigenvalue weighted by molar-refractivity contribution is 6.35. The minimum absolute atomic E-state index is 0.142. The smallest absolute Gasteiger partial charge is 0.258 e. The van der Waals surface area contributed by atoms with Crippen LogP contribution >= 0.6 is 0 Å². The Hall–Kier alpha value is -2.68. The lowest BCUT2D eigenvalue weighted by Crippen LogP contribution is -2.20. The summed E-state index contributed by atoms with van der Waals surface area (Å²) in [5.74, 6) is -0.292. The Bertz CT molecular complexity index is 757. The molecule has 0 N–H and O–H groups in total. The first-order valence-electron chi connectivity index (χ1n) is 6.78. The Balaban J connectivity index is 2.02. The van der Waals surface area contributed by atoms with Gasteiger partial charge in [0.1, 0.15) is 0 Å². The molecule has 21 heavy (non-hydrogen) atoms. The van der Waals surface area contributed by atoms with Crippen LogP contribution in [0.5, 0.6) is 0 Å². The first-order valence-corrected chi connectivity index (χ1v) is 6.78. The number of aryl methyl sites for hydroxylation is 1. The number of rotatable bonds is 2. The first-order chi connectivity index (χ1) is 10.1. The lowest BCUT2D eigenvalue weighted by molar-refractivity contribution is -0.112. The number of ketones is 1. The average molecular weight is 277 g/mol. The van der Waals surface area contributed by atoms with Gasteiger partial charge in [0, 0.05) is 18.2 Å². The topological polar surface area (TPSA) is 37.4 Å². The van der Waals surface area contributed by atoms with E-state index in [9.17, 15) is 9.59 Å². The molecule has 0 unspecified atom stereocenters. The van der Waals surface area contributed by atoms with E-state index in [1.54, 1.807) is 24.1 Å². The third-order valence-corrected chi connectivity index (χ3v) is 3.70. The summed E-state index contributed by atoms with van der Waals surface area (Å²) in [4.78, 5) is 26.2. The van der Waals surface area contributed by atoms with Gasteiger partial charge >= 0.3 is 0 Å². The molecule has 0 saturated carbocycles. The van der Waals surface area contributed by atoms with Crippen molar-refractivity contribution in [1.82, 2.24) is 0 Å². The highest BCUT2D eigenvalue weighted by Gasteiger charge is 2.29. The fraction of sp³-hybridized carbons (Fsp3) is 0.111. The fourth-order valence-electron chi connectivity index (χ4n) is 2.47. The fourth-order valence-corrected chi connectivity index (χ4v) is 2.47. The van der Waals surface area contributed by atoms with Crippen LogP contribution in [0.1, 0.15) is 21.5 Å². The maximum absolute atomic E-state index is 12.3. The highest BCUT2D eigenvalue weighted by atomic mass is 16.2. The van der Waals surface area contributed by atoms with Gasteiger partial charge in [-0.3, -0.25) is 9.59 Å². The molecule has 1 aliphatic rings. The highest BCUT2D eigenvalue weighted by Crippen LogP contribution is 2.35. The summed E-state index contributed by atoms with van der Waals surface area (Å²) in [5.41, 5.74) is 3.80. The summed E-state index contributed by atoms with van der Waals surface area (Å²) in [5, 5.41) is 0. The van der Waals surface area contributed by atoms with E-state index in [2.05, 4.69) is 0 Å². The molecule has 3 nitrogen and oxygen atoms in total. The average Bonchev–Trinajstić information content (AvgIpc) is 2.73. The van der Waals surface area contributed by atoms with E-state index in [4.69, 9.17) is 0 Å². The Labute approximate surface area is 123 Å². The number of allylic oxidation sites excluding steroid dienone is 1. The number of hydrogen-bond donors (Lipinski definition) is 0. The second-order valence-electron chi connectivity index (χ2n) is 5.17. The van der Waals surface area contributed by atoms with Gasteiger partial charge < -0.3 is 4.90 Å². The van der Waals surface area contributed by atoms with Crippen molar-refractivity contribution in [3.63, 3.8) is 0 Å². The van der Waals surface area contributed by atoms with Crippen LogP contribution in [0, 0.1) is 6.92 Å². The molecule has 3 rings (SSSR count). The van der Waals surface area contributed by atoms with E-state index >= 15 is 0 Å². The van der Waals surface area contributed by atoms with Gasteiger partial charge in [-0.15, -0.1) is 0 Å². The summed E-state index contributed by atoms with van der Waals surface area (Å²) in [6, 6.07) is 14.8. The van der Waals surface area contributed by atoms with Gasteiger partial charge in [-0.05, 0) is 19.1 Å². The normalized spacial score (nSPS) is 15.4. The molecule has 0 spiro atoms.